The lowest BCUT2D eigenvalue weighted by atomic mass is 10.2. The van der Waals surface area contributed by atoms with Gasteiger partial charge in [0.25, 0.3) is 0 Å². The Bertz CT molecular complexity index is 825. The quantitative estimate of drug-likeness (QED) is 0.662. The van der Waals surface area contributed by atoms with Gasteiger partial charge in [-0.15, -0.1) is 11.3 Å². The molecule has 2 amide bonds. The Morgan fingerprint density at radius 1 is 1.26 bits per heavy atom. The summed E-state index contributed by atoms with van der Waals surface area (Å²) in [5.74, 6) is 0.384. The number of anilines is 2. The number of benzene rings is 1. The van der Waals surface area contributed by atoms with Crippen molar-refractivity contribution in [3.63, 3.8) is 0 Å². The molecule has 0 bridgehead atoms. The molecule has 1 saturated carbocycles. The minimum absolute atomic E-state index is 0.0345. The highest BCUT2D eigenvalue weighted by molar-refractivity contribution is 7.14. The molecule has 6 heteroatoms. The van der Waals surface area contributed by atoms with E-state index in [2.05, 4.69) is 18.8 Å². The van der Waals surface area contributed by atoms with Crippen LogP contribution in [0.4, 0.5) is 10.8 Å². The highest BCUT2D eigenvalue weighted by Gasteiger charge is 2.31. The summed E-state index contributed by atoms with van der Waals surface area (Å²) in [6.07, 6.45) is 5.52. The van der Waals surface area contributed by atoms with Gasteiger partial charge in [-0.3, -0.25) is 14.5 Å². The second-order valence-corrected chi connectivity index (χ2v) is 8.03. The summed E-state index contributed by atoms with van der Waals surface area (Å²) in [7, 11) is 0. The van der Waals surface area contributed by atoms with Crippen molar-refractivity contribution in [1.82, 2.24) is 9.88 Å². The Labute approximate surface area is 164 Å². The second kappa shape index (κ2) is 8.48. The van der Waals surface area contributed by atoms with E-state index in [-0.39, 0.29) is 11.8 Å². The number of rotatable bonds is 7. The van der Waals surface area contributed by atoms with Crippen molar-refractivity contribution in [2.24, 2.45) is 5.92 Å². The summed E-state index contributed by atoms with van der Waals surface area (Å²) in [6, 6.07) is 9.83. The minimum Gasteiger partial charge on any atom is -0.336 e. The van der Waals surface area contributed by atoms with Gasteiger partial charge in [0.15, 0.2) is 5.13 Å². The van der Waals surface area contributed by atoms with Crippen molar-refractivity contribution in [2.75, 3.05) is 11.4 Å². The number of amides is 2. The van der Waals surface area contributed by atoms with E-state index in [0.29, 0.717) is 22.8 Å². The third kappa shape index (κ3) is 5.04. The molecule has 0 unspecified atom stereocenters. The van der Waals surface area contributed by atoms with E-state index in [0.717, 1.165) is 25.1 Å². The number of carbonyl (C=O) groups excluding carboxylic acids is 2. The van der Waals surface area contributed by atoms with Gasteiger partial charge in [0.1, 0.15) is 0 Å². The Balaban J connectivity index is 1.74. The highest BCUT2D eigenvalue weighted by atomic mass is 32.1. The van der Waals surface area contributed by atoms with Crippen LogP contribution in [0.5, 0.6) is 0 Å². The molecule has 1 aliphatic rings. The van der Waals surface area contributed by atoms with Crippen molar-refractivity contribution < 1.29 is 9.59 Å². The van der Waals surface area contributed by atoms with Crippen molar-refractivity contribution in [3.05, 3.63) is 47.5 Å². The van der Waals surface area contributed by atoms with E-state index in [1.165, 1.54) is 18.3 Å². The molecule has 1 fully saturated rings. The molecule has 0 atom stereocenters. The van der Waals surface area contributed by atoms with Gasteiger partial charge in [0.2, 0.25) is 11.8 Å². The maximum atomic E-state index is 12.6. The van der Waals surface area contributed by atoms with Crippen molar-refractivity contribution in [2.45, 2.75) is 39.7 Å². The molecule has 0 spiro atoms. The lowest BCUT2D eigenvalue weighted by Crippen LogP contribution is -2.34. The summed E-state index contributed by atoms with van der Waals surface area (Å²) in [5.41, 5.74) is 1.47. The molecule has 1 aliphatic carbocycles. The van der Waals surface area contributed by atoms with E-state index in [9.17, 15) is 9.59 Å². The van der Waals surface area contributed by atoms with Crippen LogP contribution in [-0.2, 0) is 9.59 Å². The van der Waals surface area contributed by atoms with E-state index >= 15 is 0 Å². The third-order valence-electron chi connectivity index (χ3n) is 4.26. The molecule has 5 nitrogen and oxygen atoms in total. The summed E-state index contributed by atoms with van der Waals surface area (Å²) in [4.78, 5) is 32.7. The number of nitrogens with zero attached hydrogens (tertiary/aromatic N) is 3. The zero-order chi connectivity index (χ0) is 19.4. The molecule has 27 heavy (non-hydrogen) atoms. The van der Waals surface area contributed by atoms with Gasteiger partial charge < -0.3 is 4.90 Å². The largest absolute Gasteiger partial charge is 0.336 e. The summed E-state index contributed by atoms with van der Waals surface area (Å²) >= 11 is 1.39. The fourth-order valence-electron chi connectivity index (χ4n) is 2.91. The topological polar surface area (TPSA) is 53.5 Å². The van der Waals surface area contributed by atoms with Gasteiger partial charge in [0, 0.05) is 31.0 Å². The monoisotopic (exact) mass is 383 g/mol. The normalized spacial score (nSPS) is 13.9. The molecule has 0 radical (unpaired) electrons. The molecule has 1 heterocycles. The van der Waals surface area contributed by atoms with Crippen LogP contribution < -0.4 is 4.90 Å². The van der Waals surface area contributed by atoms with Gasteiger partial charge in [-0.25, -0.2) is 4.98 Å². The minimum atomic E-state index is -0.0982. The molecule has 1 aromatic carbocycles. The number of hydrogen-bond donors (Lipinski definition) is 0. The van der Waals surface area contributed by atoms with Crippen LogP contribution in [0.1, 0.15) is 39.3 Å². The second-order valence-electron chi connectivity index (χ2n) is 7.19. The van der Waals surface area contributed by atoms with Gasteiger partial charge in [-0.2, -0.15) is 0 Å². The maximum Gasteiger partial charge on any atom is 0.246 e. The molecule has 0 saturated heterocycles. The predicted octanol–water partition coefficient (Wildman–Crippen LogP) is 4.49. The molecule has 0 N–H and O–H groups in total. The molecular weight excluding hydrogens is 358 g/mol. The van der Waals surface area contributed by atoms with E-state index in [1.807, 2.05) is 40.6 Å². The smallest absolute Gasteiger partial charge is 0.246 e. The molecule has 3 rings (SSSR count). The predicted molar refractivity (Wildman–Crippen MR) is 110 cm³/mol. The first kappa shape index (κ1) is 19.3. The van der Waals surface area contributed by atoms with Crippen molar-refractivity contribution in [3.8, 4) is 0 Å². The zero-order valence-electron chi connectivity index (χ0n) is 16.0. The van der Waals surface area contributed by atoms with E-state index < -0.39 is 0 Å². The molecule has 142 valence electrons. The first-order chi connectivity index (χ1) is 13.0. The molecule has 2 aromatic rings. The van der Waals surface area contributed by atoms with Gasteiger partial charge >= 0.3 is 0 Å². The Hall–Kier alpha value is -2.47. The van der Waals surface area contributed by atoms with E-state index in [4.69, 9.17) is 0 Å². The van der Waals surface area contributed by atoms with Crippen LogP contribution in [0, 0.1) is 5.92 Å². The van der Waals surface area contributed by atoms with Crippen molar-refractivity contribution >= 4 is 40.0 Å². The van der Waals surface area contributed by atoms with Crippen LogP contribution in [0.3, 0.4) is 0 Å². The number of carbonyl (C=O) groups is 2. The molecule has 1 aromatic heterocycles. The fourth-order valence-corrected chi connectivity index (χ4v) is 3.77. The van der Waals surface area contributed by atoms with Crippen LogP contribution in [0.2, 0.25) is 0 Å². The third-order valence-corrected chi connectivity index (χ3v) is 5.10. The lowest BCUT2D eigenvalue weighted by Gasteiger charge is -2.22. The van der Waals surface area contributed by atoms with Crippen molar-refractivity contribution in [1.29, 1.82) is 0 Å². The van der Waals surface area contributed by atoms with Crippen LogP contribution in [0.15, 0.2) is 41.8 Å². The standard InChI is InChI=1S/C21H25N3O2S/c1-15(2)13-23(18-10-11-18)20(26)12-9-17-14-27-21(22-17)24(16(3)25)19-7-5-4-6-8-19/h4-9,12,14-15,18H,10-11,13H2,1-3H3/b12-9+. The highest BCUT2D eigenvalue weighted by Crippen LogP contribution is 2.30. The fraction of sp³-hybridized carbons (Fsp3) is 0.381. The van der Waals surface area contributed by atoms with E-state index in [1.54, 1.807) is 17.1 Å². The molecule has 0 aliphatic heterocycles. The summed E-state index contributed by atoms with van der Waals surface area (Å²) in [5, 5.41) is 2.46. The van der Waals surface area contributed by atoms with Crippen LogP contribution >= 0.6 is 11.3 Å². The van der Waals surface area contributed by atoms with Crippen LogP contribution in [0.25, 0.3) is 6.08 Å². The van der Waals surface area contributed by atoms with Gasteiger partial charge in [-0.1, -0.05) is 32.0 Å². The number of hydrogen-bond acceptors (Lipinski definition) is 4. The van der Waals surface area contributed by atoms with Gasteiger partial charge in [0.05, 0.1) is 11.4 Å². The Kier molecular flexibility index (Phi) is 6.06. The lowest BCUT2D eigenvalue weighted by molar-refractivity contribution is -0.127. The Morgan fingerprint density at radius 3 is 2.56 bits per heavy atom. The maximum absolute atomic E-state index is 12.6. The average Bonchev–Trinajstić information content (AvgIpc) is 3.37. The number of thiazole rings is 1. The zero-order valence-corrected chi connectivity index (χ0v) is 16.8. The average molecular weight is 384 g/mol. The summed E-state index contributed by atoms with van der Waals surface area (Å²) < 4.78 is 0. The van der Waals surface area contributed by atoms with Crippen LogP contribution in [-0.4, -0.2) is 34.3 Å². The molecular formula is C21H25N3O2S. The first-order valence-electron chi connectivity index (χ1n) is 9.25. The Morgan fingerprint density at radius 2 is 1.96 bits per heavy atom. The number of para-hydroxylation sites is 1. The van der Waals surface area contributed by atoms with Gasteiger partial charge in [-0.05, 0) is 37.0 Å². The summed E-state index contributed by atoms with van der Waals surface area (Å²) in [6.45, 7) is 6.55. The SMILES string of the molecule is CC(=O)N(c1ccccc1)c1nc(/C=C/C(=O)N(CC(C)C)C2CC2)cs1. The first-order valence-corrected chi connectivity index (χ1v) is 10.1. The number of aromatic nitrogens is 1.